The van der Waals surface area contributed by atoms with Gasteiger partial charge in [0.2, 0.25) is 0 Å². The molecule has 2 heterocycles. The van der Waals surface area contributed by atoms with Crippen LogP contribution in [0.15, 0.2) is 30.6 Å². The topological polar surface area (TPSA) is 41.3 Å². The number of benzene rings is 1. The quantitative estimate of drug-likeness (QED) is 0.943. The molecule has 1 aliphatic rings. The number of piperidine rings is 1. The van der Waals surface area contributed by atoms with Crippen molar-refractivity contribution in [1.82, 2.24) is 14.5 Å². The summed E-state index contributed by atoms with van der Waals surface area (Å²) in [7, 11) is 1.95. The minimum absolute atomic E-state index is 0.312. The third-order valence-corrected chi connectivity index (χ3v) is 4.89. The molecule has 4 heteroatoms. The van der Waals surface area contributed by atoms with Crippen molar-refractivity contribution in [2.75, 3.05) is 13.1 Å². The predicted octanol–water partition coefficient (Wildman–Crippen LogP) is 2.98. The summed E-state index contributed by atoms with van der Waals surface area (Å²) in [6, 6.07) is 6.78. The summed E-state index contributed by atoms with van der Waals surface area (Å²) in [5.74, 6) is 1.10. The highest BCUT2D eigenvalue weighted by Crippen LogP contribution is 2.30. The van der Waals surface area contributed by atoms with E-state index in [0.717, 1.165) is 38.3 Å². The molecule has 124 valence electrons. The lowest BCUT2D eigenvalue weighted by Crippen LogP contribution is -2.35. The van der Waals surface area contributed by atoms with Gasteiger partial charge in [-0.2, -0.15) is 0 Å². The number of hydrogen-bond donors (Lipinski definition) is 1. The van der Waals surface area contributed by atoms with Crippen molar-refractivity contribution in [3.05, 3.63) is 53.1 Å². The van der Waals surface area contributed by atoms with Crippen molar-refractivity contribution in [2.24, 2.45) is 13.0 Å². The van der Waals surface area contributed by atoms with Crippen LogP contribution in [-0.2, 0) is 13.6 Å². The second-order valence-electron chi connectivity index (χ2n) is 6.95. The van der Waals surface area contributed by atoms with E-state index in [1.54, 1.807) is 6.20 Å². The van der Waals surface area contributed by atoms with Gasteiger partial charge in [0.1, 0.15) is 11.9 Å². The lowest BCUT2D eigenvalue weighted by Gasteiger charge is -2.34. The molecule has 0 spiro atoms. The number of nitrogens with zero attached hydrogens (tertiary/aromatic N) is 3. The fourth-order valence-electron chi connectivity index (χ4n) is 3.72. The number of imidazole rings is 1. The highest BCUT2D eigenvalue weighted by molar-refractivity contribution is 5.28. The Morgan fingerprint density at radius 1 is 1.17 bits per heavy atom. The van der Waals surface area contributed by atoms with Crippen LogP contribution in [-0.4, -0.2) is 32.6 Å². The number of aliphatic hydroxyl groups is 1. The SMILES string of the molecule is Cc1cc(C)cc(CN2CCC(C(O)c3nccn3C)CC2)c1. The summed E-state index contributed by atoms with van der Waals surface area (Å²) in [6.07, 6.45) is 5.26. The normalized spacial score (nSPS) is 18.3. The largest absolute Gasteiger partial charge is 0.385 e. The van der Waals surface area contributed by atoms with Gasteiger partial charge < -0.3 is 9.67 Å². The summed E-state index contributed by atoms with van der Waals surface area (Å²) >= 11 is 0. The molecule has 0 saturated carbocycles. The first-order chi connectivity index (χ1) is 11.0. The molecule has 1 N–H and O–H groups in total. The minimum Gasteiger partial charge on any atom is -0.385 e. The highest BCUT2D eigenvalue weighted by Gasteiger charge is 2.28. The van der Waals surface area contributed by atoms with E-state index in [-0.39, 0.29) is 0 Å². The summed E-state index contributed by atoms with van der Waals surface area (Å²) in [5, 5.41) is 10.6. The Hall–Kier alpha value is -1.65. The molecular formula is C19H27N3O. The minimum atomic E-state index is -0.446. The van der Waals surface area contributed by atoms with Crippen LogP contribution in [0, 0.1) is 19.8 Å². The molecule has 4 nitrogen and oxygen atoms in total. The lowest BCUT2D eigenvalue weighted by atomic mass is 9.90. The number of aliphatic hydroxyl groups excluding tert-OH is 1. The van der Waals surface area contributed by atoms with Crippen molar-refractivity contribution >= 4 is 0 Å². The Kier molecular flexibility index (Phi) is 4.83. The zero-order chi connectivity index (χ0) is 16.4. The van der Waals surface area contributed by atoms with Gasteiger partial charge in [-0.1, -0.05) is 29.3 Å². The first kappa shape index (κ1) is 16.2. The molecule has 3 rings (SSSR count). The molecule has 1 unspecified atom stereocenters. The van der Waals surface area contributed by atoms with Gasteiger partial charge in [0, 0.05) is 26.0 Å². The zero-order valence-electron chi connectivity index (χ0n) is 14.4. The van der Waals surface area contributed by atoms with Crippen LogP contribution in [0.2, 0.25) is 0 Å². The average Bonchev–Trinajstić information content (AvgIpc) is 2.92. The van der Waals surface area contributed by atoms with E-state index in [4.69, 9.17) is 0 Å². The van der Waals surface area contributed by atoms with E-state index in [9.17, 15) is 5.11 Å². The number of likely N-dealkylation sites (tertiary alicyclic amines) is 1. The van der Waals surface area contributed by atoms with Gasteiger partial charge in [-0.25, -0.2) is 4.98 Å². The van der Waals surface area contributed by atoms with Crippen LogP contribution in [0.1, 0.15) is 41.5 Å². The van der Waals surface area contributed by atoms with Crippen LogP contribution in [0.25, 0.3) is 0 Å². The second kappa shape index (κ2) is 6.85. The van der Waals surface area contributed by atoms with E-state index in [0.29, 0.717) is 5.92 Å². The molecule has 0 aliphatic carbocycles. The van der Waals surface area contributed by atoms with E-state index in [1.165, 1.54) is 16.7 Å². The molecule has 1 aromatic carbocycles. The molecule has 1 saturated heterocycles. The van der Waals surface area contributed by atoms with Gasteiger partial charge in [-0.05, 0) is 51.3 Å². The summed E-state index contributed by atoms with van der Waals surface area (Å²) in [4.78, 5) is 6.79. The van der Waals surface area contributed by atoms with Gasteiger partial charge in [0.15, 0.2) is 0 Å². The Balaban J connectivity index is 1.57. The maximum atomic E-state index is 10.6. The molecule has 0 amide bonds. The molecular weight excluding hydrogens is 286 g/mol. The first-order valence-corrected chi connectivity index (χ1v) is 8.48. The van der Waals surface area contributed by atoms with E-state index in [1.807, 2.05) is 17.8 Å². The Morgan fingerprint density at radius 3 is 2.39 bits per heavy atom. The average molecular weight is 313 g/mol. The van der Waals surface area contributed by atoms with Crippen molar-refractivity contribution in [3.63, 3.8) is 0 Å². The van der Waals surface area contributed by atoms with E-state index in [2.05, 4.69) is 41.9 Å². The van der Waals surface area contributed by atoms with Crippen LogP contribution in [0.3, 0.4) is 0 Å². The van der Waals surface area contributed by atoms with Crippen molar-refractivity contribution in [3.8, 4) is 0 Å². The standard InChI is InChI=1S/C19H27N3O/c1-14-10-15(2)12-16(11-14)13-22-7-4-17(5-8-22)18(23)19-20-6-9-21(19)3/h6,9-12,17-18,23H,4-5,7-8,13H2,1-3H3. The first-order valence-electron chi connectivity index (χ1n) is 8.48. The monoisotopic (exact) mass is 313 g/mol. The Labute approximate surface area is 138 Å². The predicted molar refractivity (Wildman–Crippen MR) is 92.1 cm³/mol. The van der Waals surface area contributed by atoms with Gasteiger partial charge in [0.25, 0.3) is 0 Å². The van der Waals surface area contributed by atoms with Gasteiger partial charge in [0.05, 0.1) is 0 Å². The molecule has 1 atom stereocenters. The summed E-state index contributed by atoms with van der Waals surface area (Å²) < 4.78 is 1.92. The third-order valence-electron chi connectivity index (χ3n) is 4.89. The number of aromatic nitrogens is 2. The van der Waals surface area contributed by atoms with Crippen LogP contribution in [0.4, 0.5) is 0 Å². The van der Waals surface area contributed by atoms with Crippen LogP contribution in [0.5, 0.6) is 0 Å². The van der Waals surface area contributed by atoms with E-state index >= 15 is 0 Å². The molecule has 1 aliphatic heterocycles. The fraction of sp³-hybridized carbons (Fsp3) is 0.526. The number of aryl methyl sites for hydroxylation is 3. The maximum absolute atomic E-state index is 10.6. The zero-order valence-corrected chi connectivity index (χ0v) is 14.4. The number of hydrogen-bond acceptors (Lipinski definition) is 3. The molecule has 23 heavy (non-hydrogen) atoms. The van der Waals surface area contributed by atoms with E-state index < -0.39 is 6.10 Å². The van der Waals surface area contributed by atoms with Crippen molar-refractivity contribution in [1.29, 1.82) is 0 Å². The fourth-order valence-corrected chi connectivity index (χ4v) is 3.72. The highest BCUT2D eigenvalue weighted by atomic mass is 16.3. The summed E-state index contributed by atoms with van der Waals surface area (Å²) in [5.41, 5.74) is 4.06. The lowest BCUT2D eigenvalue weighted by molar-refractivity contribution is 0.0492. The molecule has 0 bridgehead atoms. The second-order valence-corrected chi connectivity index (χ2v) is 6.95. The van der Waals surface area contributed by atoms with Gasteiger partial charge >= 0.3 is 0 Å². The molecule has 0 radical (unpaired) electrons. The van der Waals surface area contributed by atoms with Gasteiger partial charge in [-0.3, -0.25) is 4.90 Å². The van der Waals surface area contributed by atoms with Gasteiger partial charge in [-0.15, -0.1) is 0 Å². The van der Waals surface area contributed by atoms with Crippen LogP contribution >= 0.6 is 0 Å². The summed E-state index contributed by atoms with van der Waals surface area (Å²) in [6.45, 7) is 7.41. The van der Waals surface area contributed by atoms with Crippen molar-refractivity contribution in [2.45, 2.75) is 39.3 Å². The Morgan fingerprint density at radius 2 is 1.83 bits per heavy atom. The molecule has 2 aromatic rings. The maximum Gasteiger partial charge on any atom is 0.137 e. The Bertz CT molecular complexity index is 636. The molecule has 1 aromatic heterocycles. The van der Waals surface area contributed by atoms with Crippen molar-refractivity contribution < 1.29 is 5.11 Å². The third kappa shape index (κ3) is 3.82. The molecule has 1 fully saturated rings. The van der Waals surface area contributed by atoms with Crippen LogP contribution < -0.4 is 0 Å². The number of rotatable bonds is 4. The smallest absolute Gasteiger partial charge is 0.137 e.